The van der Waals surface area contributed by atoms with Crippen molar-refractivity contribution in [1.29, 1.82) is 0 Å². The van der Waals surface area contributed by atoms with Gasteiger partial charge in [0.2, 0.25) is 5.91 Å². The molecule has 0 radical (unpaired) electrons. The van der Waals surface area contributed by atoms with Crippen LogP contribution in [0.5, 0.6) is 5.95 Å². The Morgan fingerprint density at radius 3 is 2.62 bits per heavy atom. The molecule has 1 N–H and O–H groups in total. The van der Waals surface area contributed by atoms with Crippen molar-refractivity contribution in [2.75, 3.05) is 13.1 Å². The molecule has 3 atom stereocenters. The number of furan rings is 1. The standard InChI is InChI=1S/C27H30N4O7S/c1-16(2)14-19(29-27(34)38-26-17(3)18-8-4-5-9-22(18)37-26)25(33)30-13-11-20-24(30)21(32)15-31(20)39(35,36)23-10-6-7-12-28-23/h4-10,12,16,19-20,24H,11,13-15H2,1-3H3,(H,29,34). The summed E-state index contributed by atoms with van der Waals surface area (Å²) in [6.45, 7) is 5.43. The normalized spacial score (nSPS) is 20.4. The highest BCUT2D eigenvalue weighted by atomic mass is 32.2. The number of Topliss-reactive ketones (excluding diaryl/α,β-unsaturated/α-hetero) is 1. The first-order valence-corrected chi connectivity index (χ1v) is 14.2. The van der Waals surface area contributed by atoms with E-state index in [-0.39, 0.29) is 35.8 Å². The highest BCUT2D eigenvalue weighted by molar-refractivity contribution is 7.89. The molecule has 3 aromatic rings. The van der Waals surface area contributed by atoms with E-state index < -0.39 is 40.1 Å². The second-order valence-corrected chi connectivity index (χ2v) is 12.1. The van der Waals surface area contributed by atoms with Gasteiger partial charge in [-0.1, -0.05) is 38.1 Å². The number of carbonyl (C=O) groups is 3. The van der Waals surface area contributed by atoms with Gasteiger partial charge in [0.15, 0.2) is 10.8 Å². The summed E-state index contributed by atoms with van der Waals surface area (Å²) in [6.07, 6.45) is 1.11. The lowest BCUT2D eigenvalue weighted by molar-refractivity contribution is -0.138. The lowest BCUT2D eigenvalue weighted by atomic mass is 10.0. The summed E-state index contributed by atoms with van der Waals surface area (Å²) >= 11 is 0. The minimum atomic E-state index is -4.02. The third kappa shape index (κ3) is 5.01. The van der Waals surface area contributed by atoms with E-state index in [0.717, 1.165) is 9.69 Å². The van der Waals surface area contributed by atoms with Crippen molar-refractivity contribution in [3.63, 3.8) is 0 Å². The van der Waals surface area contributed by atoms with Crippen LogP contribution >= 0.6 is 0 Å². The van der Waals surface area contributed by atoms with E-state index in [1.807, 2.05) is 32.0 Å². The molecule has 206 valence electrons. The Morgan fingerprint density at radius 1 is 1.18 bits per heavy atom. The number of para-hydroxylation sites is 1. The maximum absolute atomic E-state index is 13.7. The van der Waals surface area contributed by atoms with E-state index in [9.17, 15) is 22.8 Å². The molecule has 1 aromatic carbocycles. The number of pyridine rings is 1. The zero-order valence-corrected chi connectivity index (χ0v) is 22.7. The molecule has 0 bridgehead atoms. The second kappa shape index (κ2) is 10.4. The Labute approximate surface area is 226 Å². The van der Waals surface area contributed by atoms with E-state index in [1.165, 1.54) is 17.2 Å². The number of nitrogens with one attached hydrogen (secondary N) is 1. The van der Waals surface area contributed by atoms with Crippen LogP contribution in [0.2, 0.25) is 0 Å². The Balaban J connectivity index is 1.33. The van der Waals surface area contributed by atoms with Gasteiger partial charge in [-0.3, -0.25) is 9.59 Å². The summed E-state index contributed by atoms with van der Waals surface area (Å²) in [5, 5.41) is 3.30. The van der Waals surface area contributed by atoms with Crippen LogP contribution in [0.15, 0.2) is 58.1 Å². The zero-order chi connectivity index (χ0) is 27.9. The van der Waals surface area contributed by atoms with Crippen LogP contribution in [-0.2, 0) is 19.6 Å². The number of nitrogens with zero attached hydrogens (tertiary/aromatic N) is 3. The van der Waals surface area contributed by atoms with Gasteiger partial charge in [0, 0.05) is 23.7 Å². The van der Waals surface area contributed by atoms with E-state index in [2.05, 4.69) is 10.3 Å². The van der Waals surface area contributed by atoms with Gasteiger partial charge in [0.25, 0.3) is 16.0 Å². The number of likely N-dealkylation sites (tertiary alicyclic amines) is 1. The summed E-state index contributed by atoms with van der Waals surface area (Å²) in [6, 6.07) is 9.22. The number of rotatable bonds is 7. The molecule has 3 unspecified atom stereocenters. The first-order chi connectivity index (χ1) is 18.6. The van der Waals surface area contributed by atoms with Crippen LogP contribution in [0.3, 0.4) is 0 Å². The van der Waals surface area contributed by atoms with E-state index >= 15 is 0 Å². The number of fused-ring (bicyclic) bond motifs is 2. The molecule has 4 heterocycles. The SMILES string of the molecule is Cc1c(OC(=O)NC(CC(C)C)C(=O)N2CCC3C2C(=O)CN3S(=O)(=O)c2ccccn2)oc2ccccc12. The fraction of sp³-hybridized carbons (Fsp3) is 0.407. The number of hydrogen-bond acceptors (Lipinski definition) is 8. The topological polar surface area (TPSA) is 139 Å². The minimum absolute atomic E-state index is 0.0332. The monoisotopic (exact) mass is 554 g/mol. The van der Waals surface area contributed by atoms with Crippen LogP contribution in [0, 0.1) is 12.8 Å². The van der Waals surface area contributed by atoms with E-state index in [4.69, 9.17) is 9.15 Å². The first-order valence-electron chi connectivity index (χ1n) is 12.8. The number of aryl methyl sites for hydroxylation is 1. The summed E-state index contributed by atoms with van der Waals surface area (Å²) < 4.78 is 38.6. The molecule has 2 aliphatic heterocycles. The average Bonchev–Trinajstić information content (AvgIpc) is 3.58. The lowest BCUT2D eigenvalue weighted by Crippen LogP contribution is -2.53. The fourth-order valence-corrected chi connectivity index (χ4v) is 6.92. The zero-order valence-electron chi connectivity index (χ0n) is 21.9. The van der Waals surface area contributed by atoms with Crippen molar-refractivity contribution in [2.24, 2.45) is 5.92 Å². The summed E-state index contributed by atoms with van der Waals surface area (Å²) in [5.74, 6) is -0.757. The van der Waals surface area contributed by atoms with Crippen molar-refractivity contribution < 1.29 is 32.0 Å². The smallest absolute Gasteiger partial charge is 0.415 e. The summed E-state index contributed by atoms with van der Waals surface area (Å²) in [4.78, 5) is 44.9. The number of benzene rings is 1. The van der Waals surface area contributed by atoms with Crippen LogP contribution < -0.4 is 10.1 Å². The van der Waals surface area contributed by atoms with Crippen LogP contribution in [-0.4, -0.2) is 71.6 Å². The van der Waals surface area contributed by atoms with Crippen molar-refractivity contribution in [3.05, 3.63) is 54.2 Å². The predicted octanol–water partition coefficient (Wildman–Crippen LogP) is 2.88. The van der Waals surface area contributed by atoms with Crippen LogP contribution in [0.4, 0.5) is 4.79 Å². The number of amides is 2. The highest BCUT2D eigenvalue weighted by Gasteiger charge is 2.54. The lowest BCUT2D eigenvalue weighted by Gasteiger charge is -2.28. The number of sulfonamides is 1. The van der Waals surface area contributed by atoms with Gasteiger partial charge >= 0.3 is 6.09 Å². The molecule has 0 spiro atoms. The minimum Gasteiger partial charge on any atom is -0.425 e. The number of ether oxygens (including phenoxy) is 1. The number of aromatic nitrogens is 1. The van der Waals surface area contributed by atoms with Crippen molar-refractivity contribution >= 4 is 38.8 Å². The molecular formula is C27H30N4O7S. The van der Waals surface area contributed by atoms with Gasteiger partial charge in [-0.25, -0.2) is 18.2 Å². The maximum Gasteiger partial charge on any atom is 0.415 e. The van der Waals surface area contributed by atoms with Gasteiger partial charge in [0.05, 0.1) is 12.6 Å². The van der Waals surface area contributed by atoms with Crippen LogP contribution in [0.1, 0.15) is 32.3 Å². The van der Waals surface area contributed by atoms with Gasteiger partial charge in [-0.05, 0) is 43.9 Å². The van der Waals surface area contributed by atoms with Crippen LogP contribution in [0.25, 0.3) is 11.0 Å². The Kier molecular flexibility index (Phi) is 7.17. The molecule has 12 heteroatoms. The van der Waals surface area contributed by atoms with Crippen molar-refractivity contribution in [3.8, 4) is 5.95 Å². The molecule has 11 nitrogen and oxygen atoms in total. The van der Waals surface area contributed by atoms with Gasteiger partial charge in [0.1, 0.15) is 17.7 Å². The first kappa shape index (κ1) is 26.8. The number of hydrogen-bond donors (Lipinski definition) is 1. The average molecular weight is 555 g/mol. The molecule has 5 rings (SSSR count). The number of carbonyl (C=O) groups excluding carboxylic acids is 3. The fourth-order valence-electron chi connectivity index (χ4n) is 5.36. The van der Waals surface area contributed by atoms with Gasteiger partial charge in [-0.15, -0.1) is 0 Å². The summed E-state index contributed by atoms with van der Waals surface area (Å²) in [7, 11) is -4.02. The highest BCUT2D eigenvalue weighted by Crippen LogP contribution is 2.34. The molecule has 2 saturated heterocycles. The molecule has 2 amide bonds. The summed E-state index contributed by atoms with van der Waals surface area (Å²) in [5.41, 5.74) is 1.22. The van der Waals surface area contributed by atoms with Crippen molar-refractivity contribution in [1.82, 2.24) is 19.5 Å². The second-order valence-electron chi connectivity index (χ2n) is 10.2. The molecular weight excluding hydrogens is 524 g/mol. The van der Waals surface area contributed by atoms with E-state index in [1.54, 1.807) is 25.1 Å². The Hall–Kier alpha value is -3.77. The molecule has 2 fully saturated rings. The molecule has 2 aromatic heterocycles. The molecule has 2 aliphatic rings. The van der Waals surface area contributed by atoms with Crippen molar-refractivity contribution in [2.45, 2.75) is 56.8 Å². The van der Waals surface area contributed by atoms with E-state index in [0.29, 0.717) is 24.0 Å². The molecule has 39 heavy (non-hydrogen) atoms. The number of ketones is 1. The Morgan fingerprint density at radius 2 is 1.92 bits per heavy atom. The third-order valence-corrected chi connectivity index (χ3v) is 8.94. The molecule has 0 saturated carbocycles. The molecule has 0 aliphatic carbocycles. The third-order valence-electron chi connectivity index (χ3n) is 7.15. The van der Waals surface area contributed by atoms with Gasteiger partial charge < -0.3 is 19.4 Å². The Bertz CT molecular complexity index is 1520. The largest absolute Gasteiger partial charge is 0.425 e. The quantitative estimate of drug-likeness (QED) is 0.470. The van der Waals surface area contributed by atoms with Gasteiger partial charge in [-0.2, -0.15) is 4.31 Å². The predicted molar refractivity (Wildman–Crippen MR) is 140 cm³/mol. The maximum atomic E-state index is 13.7.